The van der Waals surface area contributed by atoms with Crippen molar-refractivity contribution in [2.45, 2.75) is 18.9 Å². The van der Waals surface area contributed by atoms with Crippen molar-refractivity contribution in [2.75, 3.05) is 44.3 Å². The van der Waals surface area contributed by atoms with Crippen molar-refractivity contribution in [1.82, 2.24) is 24.7 Å². The number of aromatic nitrogens is 4. The van der Waals surface area contributed by atoms with Gasteiger partial charge in [-0.05, 0) is 38.1 Å². The first-order valence-electron chi connectivity index (χ1n) is 10.1. The van der Waals surface area contributed by atoms with Gasteiger partial charge in [-0.25, -0.2) is 0 Å². The fourth-order valence-corrected chi connectivity index (χ4v) is 4.75. The van der Waals surface area contributed by atoms with E-state index in [1.165, 1.54) is 25.9 Å². The van der Waals surface area contributed by atoms with Gasteiger partial charge in [0.05, 0.1) is 19.3 Å². The van der Waals surface area contributed by atoms with Crippen LogP contribution in [0.5, 0.6) is 0 Å². The molecular formula is C21H24N6O. The molecule has 0 unspecified atom stereocenters. The fraction of sp³-hybridized carbons (Fsp3) is 0.476. The average Bonchev–Trinajstić information content (AvgIpc) is 3.09. The number of anilines is 1. The minimum atomic E-state index is 0.465. The van der Waals surface area contributed by atoms with E-state index in [-0.39, 0.29) is 0 Å². The second-order valence-corrected chi connectivity index (χ2v) is 8.43. The second kappa shape index (κ2) is 6.25. The third-order valence-corrected chi connectivity index (χ3v) is 6.65. The lowest BCUT2D eigenvalue weighted by Gasteiger charge is -2.55. The van der Waals surface area contributed by atoms with E-state index in [0.29, 0.717) is 11.5 Å². The molecule has 3 aromatic rings. The maximum absolute atomic E-state index is 5.35. The highest BCUT2D eigenvalue weighted by Gasteiger charge is 2.46. The molecule has 2 aromatic heterocycles. The van der Waals surface area contributed by atoms with Crippen LogP contribution in [0.1, 0.15) is 12.8 Å². The van der Waals surface area contributed by atoms with Gasteiger partial charge in [-0.2, -0.15) is 4.52 Å². The van der Waals surface area contributed by atoms with E-state index < -0.39 is 0 Å². The maximum Gasteiger partial charge on any atom is 0.185 e. The molecule has 6 rings (SSSR count). The predicted molar refractivity (Wildman–Crippen MR) is 106 cm³/mol. The second-order valence-electron chi connectivity index (χ2n) is 8.43. The Morgan fingerprint density at radius 2 is 1.71 bits per heavy atom. The number of hydrogen-bond acceptors (Lipinski definition) is 6. The summed E-state index contributed by atoms with van der Waals surface area (Å²) in [5.41, 5.74) is 2.29. The number of hydrogen-bond donors (Lipinski definition) is 0. The molecule has 7 heteroatoms. The highest BCUT2D eigenvalue weighted by atomic mass is 16.5. The molecule has 0 radical (unpaired) electrons. The van der Waals surface area contributed by atoms with E-state index in [1.54, 1.807) is 0 Å². The van der Waals surface area contributed by atoms with Gasteiger partial charge in [-0.15, -0.1) is 15.3 Å². The van der Waals surface area contributed by atoms with Crippen LogP contribution in [0.15, 0.2) is 42.5 Å². The Morgan fingerprint density at radius 3 is 2.43 bits per heavy atom. The van der Waals surface area contributed by atoms with Gasteiger partial charge in [-0.3, -0.25) is 4.90 Å². The Bertz CT molecular complexity index is 983. The van der Waals surface area contributed by atoms with Crippen molar-refractivity contribution >= 4 is 11.5 Å². The van der Waals surface area contributed by atoms with Gasteiger partial charge in [0.15, 0.2) is 11.5 Å². The van der Waals surface area contributed by atoms with Gasteiger partial charge >= 0.3 is 0 Å². The third kappa shape index (κ3) is 2.61. The minimum absolute atomic E-state index is 0.465. The van der Waals surface area contributed by atoms with Crippen LogP contribution in [-0.2, 0) is 4.74 Å². The van der Waals surface area contributed by atoms with Crippen LogP contribution in [-0.4, -0.2) is 70.1 Å². The van der Waals surface area contributed by atoms with E-state index >= 15 is 0 Å². The Kier molecular flexibility index (Phi) is 3.67. The molecule has 3 aliphatic heterocycles. The zero-order chi connectivity index (χ0) is 18.6. The molecule has 0 bridgehead atoms. The van der Waals surface area contributed by atoms with E-state index in [1.807, 2.05) is 40.9 Å². The zero-order valence-corrected chi connectivity index (χ0v) is 15.9. The summed E-state index contributed by atoms with van der Waals surface area (Å²) < 4.78 is 7.22. The molecule has 7 nitrogen and oxygen atoms in total. The molecule has 1 aromatic carbocycles. The van der Waals surface area contributed by atoms with Crippen molar-refractivity contribution in [3.63, 3.8) is 0 Å². The SMILES string of the molecule is c1ccc(-c2nnc3ccc(N4CC5(CCN(C6COC6)CC5)C4)nn23)cc1. The van der Waals surface area contributed by atoms with E-state index in [9.17, 15) is 0 Å². The van der Waals surface area contributed by atoms with Gasteiger partial charge in [-0.1, -0.05) is 30.3 Å². The van der Waals surface area contributed by atoms with Gasteiger partial charge in [0.25, 0.3) is 0 Å². The molecule has 0 amide bonds. The lowest BCUT2D eigenvalue weighted by molar-refractivity contribution is -0.0839. The predicted octanol–water partition coefficient (Wildman–Crippen LogP) is 2.09. The summed E-state index contributed by atoms with van der Waals surface area (Å²) >= 11 is 0. The number of nitrogens with zero attached hydrogens (tertiary/aromatic N) is 6. The molecule has 28 heavy (non-hydrogen) atoms. The van der Waals surface area contributed by atoms with Gasteiger partial charge in [0.1, 0.15) is 5.82 Å². The van der Waals surface area contributed by atoms with Gasteiger partial charge in [0.2, 0.25) is 0 Å². The molecule has 0 N–H and O–H groups in total. The van der Waals surface area contributed by atoms with Crippen molar-refractivity contribution in [3.05, 3.63) is 42.5 Å². The number of benzene rings is 1. The smallest absolute Gasteiger partial charge is 0.185 e. The molecule has 0 atom stereocenters. The van der Waals surface area contributed by atoms with E-state index in [4.69, 9.17) is 9.84 Å². The molecule has 3 aliphatic rings. The molecule has 0 aliphatic carbocycles. The summed E-state index contributed by atoms with van der Waals surface area (Å²) in [5.74, 6) is 1.81. The normalized spacial score (nSPS) is 22.4. The van der Waals surface area contributed by atoms with Crippen LogP contribution in [0, 0.1) is 5.41 Å². The lowest BCUT2D eigenvalue weighted by atomic mass is 9.71. The summed E-state index contributed by atoms with van der Waals surface area (Å²) in [5, 5.41) is 13.5. The molecule has 0 saturated carbocycles. The largest absolute Gasteiger partial charge is 0.378 e. The highest BCUT2D eigenvalue weighted by molar-refractivity contribution is 5.59. The fourth-order valence-electron chi connectivity index (χ4n) is 4.75. The Morgan fingerprint density at radius 1 is 0.929 bits per heavy atom. The van der Waals surface area contributed by atoms with Crippen LogP contribution < -0.4 is 4.90 Å². The number of likely N-dealkylation sites (tertiary alicyclic amines) is 1. The Balaban J connectivity index is 1.19. The van der Waals surface area contributed by atoms with E-state index in [0.717, 1.165) is 49.2 Å². The van der Waals surface area contributed by atoms with Crippen LogP contribution in [0.4, 0.5) is 5.82 Å². The standard InChI is InChI=1S/C21H24N6O/c1-2-4-16(5-3-1)20-23-22-18-6-7-19(24-27(18)20)26-14-21(15-26)8-10-25(11-9-21)17-12-28-13-17/h1-7,17H,8-15H2. The summed E-state index contributed by atoms with van der Waals surface area (Å²) in [6.07, 6.45) is 2.56. The van der Waals surface area contributed by atoms with Crippen LogP contribution >= 0.6 is 0 Å². The number of ether oxygens (including phenoxy) is 1. The van der Waals surface area contributed by atoms with E-state index in [2.05, 4.69) is 26.1 Å². The molecule has 1 spiro atoms. The van der Waals surface area contributed by atoms with Crippen molar-refractivity contribution in [3.8, 4) is 11.4 Å². The van der Waals surface area contributed by atoms with Crippen LogP contribution in [0.2, 0.25) is 0 Å². The van der Waals surface area contributed by atoms with Crippen LogP contribution in [0.3, 0.4) is 0 Å². The van der Waals surface area contributed by atoms with Gasteiger partial charge in [0, 0.05) is 24.1 Å². The highest BCUT2D eigenvalue weighted by Crippen LogP contribution is 2.42. The Hall–Kier alpha value is -2.51. The molecule has 3 fully saturated rings. The maximum atomic E-state index is 5.35. The average molecular weight is 376 g/mol. The summed E-state index contributed by atoms with van der Waals surface area (Å²) in [4.78, 5) is 5.02. The summed E-state index contributed by atoms with van der Waals surface area (Å²) in [6, 6.07) is 14.9. The lowest BCUT2D eigenvalue weighted by Crippen LogP contribution is -2.63. The van der Waals surface area contributed by atoms with Crippen molar-refractivity contribution < 1.29 is 4.74 Å². The quantitative estimate of drug-likeness (QED) is 0.698. The van der Waals surface area contributed by atoms with Crippen LogP contribution in [0.25, 0.3) is 17.0 Å². The molecule has 5 heterocycles. The number of rotatable bonds is 3. The first kappa shape index (κ1) is 16.4. The topological polar surface area (TPSA) is 58.8 Å². The van der Waals surface area contributed by atoms with Gasteiger partial charge < -0.3 is 9.64 Å². The summed E-state index contributed by atoms with van der Waals surface area (Å²) in [6.45, 7) is 6.46. The zero-order valence-electron chi connectivity index (χ0n) is 15.9. The third-order valence-electron chi connectivity index (χ3n) is 6.65. The summed E-state index contributed by atoms with van der Waals surface area (Å²) in [7, 11) is 0. The number of fused-ring (bicyclic) bond motifs is 1. The first-order chi connectivity index (χ1) is 13.8. The molecular weight excluding hydrogens is 352 g/mol. The Labute approximate surface area is 163 Å². The van der Waals surface area contributed by atoms with Crippen molar-refractivity contribution in [1.29, 1.82) is 0 Å². The molecule has 3 saturated heterocycles. The monoisotopic (exact) mass is 376 g/mol. The minimum Gasteiger partial charge on any atom is -0.378 e. The number of piperidine rings is 1. The van der Waals surface area contributed by atoms with Crippen molar-refractivity contribution in [2.24, 2.45) is 5.41 Å². The first-order valence-corrected chi connectivity index (χ1v) is 10.1. The molecule has 144 valence electrons.